The minimum absolute atomic E-state index is 0.321. The van der Waals surface area contributed by atoms with E-state index in [4.69, 9.17) is 9.47 Å². The number of hydrogen-bond acceptors (Lipinski definition) is 6. The zero-order valence-corrected chi connectivity index (χ0v) is 17.6. The summed E-state index contributed by atoms with van der Waals surface area (Å²) in [6, 6.07) is 9.32. The Morgan fingerprint density at radius 1 is 1.07 bits per heavy atom. The number of Topliss-reactive ketones (excluding diaryl/α,β-unsaturated/α-hetero) is 1. The number of ether oxygens (including phenoxy) is 2. The Balaban J connectivity index is 2.50. The summed E-state index contributed by atoms with van der Waals surface area (Å²) < 4.78 is 10.6. The Kier molecular flexibility index (Phi) is 7.36. The molecule has 4 atom stereocenters. The van der Waals surface area contributed by atoms with Crippen molar-refractivity contribution >= 4 is 23.8 Å². The van der Waals surface area contributed by atoms with Crippen LogP contribution in [-0.2, 0) is 23.9 Å². The topological polar surface area (TPSA) is 89.9 Å². The molecule has 1 N–H and O–H groups in total. The van der Waals surface area contributed by atoms with Gasteiger partial charge in [-0.2, -0.15) is 0 Å². The summed E-state index contributed by atoms with van der Waals surface area (Å²) in [6.07, 6.45) is 2.26. The molecule has 1 aromatic carbocycles. The molecule has 1 aliphatic carbocycles. The highest BCUT2D eigenvalue weighted by Gasteiger charge is 2.56. The Labute approximate surface area is 171 Å². The first kappa shape index (κ1) is 22.8. The highest BCUT2D eigenvalue weighted by Crippen LogP contribution is 2.42. The monoisotopic (exact) mass is 402 g/mol. The second-order valence-electron chi connectivity index (χ2n) is 8.27. The maximum absolute atomic E-state index is 12.9. The average Bonchev–Trinajstić information content (AvgIpc) is 2.58. The van der Waals surface area contributed by atoms with Crippen molar-refractivity contribution in [2.45, 2.75) is 58.8 Å². The van der Waals surface area contributed by atoms with Crippen molar-refractivity contribution < 1.29 is 29.0 Å². The number of esters is 2. The van der Waals surface area contributed by atoms with Crippen LogP contribution in [0.4, 0.5) is 0 Å². The molecule has 0 aliphatic heterocycles. The van der Waals surface area contributed by atoms with Crippen LogP contribution in [0.2, 0.25) is 0 Å². The molecule has 6 nitrogen and oxygen atoms in total. The van der Waals surface area contributed by atoms with Gasteiger partial charge in [0.25, 0.3) is 0 Å². The van der Waals surface area contributed by atoms with E-state index < -0.39 is 53.3 Å². The van der Waals surface area contributed by atoms with Gasteiger partial charge in [0.1, 0.15) is 5.92 Å². The predicted octanol–water partition coefficient (Wildman–Crippen LogP) is 3.18. The van der Waals surface area contributed by atoms with E-state index in [9.17, 15) is 19.5 Å². The van der Waals surface area contributed by atoms with E-state index >= 15 is 0 Å². The van der Waals surface area contributed by atoms with Crippen molar-refractivity contribution in [2.24, 2.45) is 17.8 Å². The number of hydrogen-bond donors (Lipinski definition) is 1. The summed E-state index contributed by atoms with van der Waals surface area (Å²) in [4.78, 5) is 38.4. The highest BCUT2D eigenvalue weighted by molar-refractivity contribution is 6.02. The molecule has 0 saturated heterocycles. The van der Waals surface area contributed by atoms with Crippen LogP contribution >= 0.6 is 0 Å². The summed E-state index contributed by atoms with van der Waals surface area (Å²) in [6.45, 7) is 8.24. The summed E-state index contributed by atoms with van der Waals surface area (Å²) >= 11 is 0. The number of rotatable bonds is 6. The SMILES string of the molecule is CC(C)OC(=O)[C@H]1C(=O)C[C@](C)(O)[C@@H](C(=O)OC(C)C)[C@@H]1C=Cc1ccccc1. The predicted molar refractivity (Wildman–Crippen MR) is 109 cm³/mol. The molecule has 0 aromatic heterocycles. The molecule has 1 aromatic rings. The van der Waals surface area contributed by atoms with E-state index in [1.165, 1.54) is 6.92 Å². The minimum Gasteiger partial charge on any atom is -0.463 e. The van der Waals surface area contributed by atoms with E-state index in [2.05, 4.69) is 0 Å². The van der Waals surface area contributed by atoms with Crippen molar-refractivity contribution in [3.05, 3.63) is 42.0 Å². The van der Waals surface area contributed by atoms with Gasteiger partial charge in [-0.1, -0.05) is 42.5 Å². The molecule has 29 heavy (non-hydrogen) atoms. The Hall–Kier alpha value is -2.47. The lowest BCUT2D eigenvalue weighted by molar-refractivity contribution is -0.178. The third kappa shape index (κ3) is 5.76. The molecule has 1 saturated carbocycles. The normalized spacial score (nSPS) is 27.4. The number of allylic oxidation sites excluding steroid dienone is 1. The van der Waals surface area contributed by atoms with Gasteiger partial charge in [0.2, 0.25) is 0 Å². The fourth-order valence-electron chi connectivity index (χ4n) is 3.71. The van der Waals surface area contributed by atoms with Crippen molar-refractivity contribution in [1.82, 2.24) is 0 Å². The second kappa shape index (κ2) is 9.35. The zero-order chi connectivity index (χ0) is 21.8. The van der Waals surface area contributed by atoms with Gasteiger partial charge in [-0.05, 0) is 40.2 Å². The van der Waals surface area contributed by atoms with Crippen molar-refractivity contribution in [3.8, 4) is 0 Å². The fraction of sp³-hybridized carbons (Fsp3) is 0.522. The van der Waals surface area contributed by atoms with Gasteiger partial charge < -0.3 is 14.6 Å². The van der Waals surface area contributed by atoms with E-state index in [1.54, 1.807) is 39.8 Å². The minimum atomic E-state index is -1.64. The molecule has 6 heteroatoms. The Bertz CT molecular complexity index is 755. The third-order valence-corrected chi connectivity index (χ3v) is 4.84. The molecule has 0 radical (unpaired) electrons. The molecule has 1 fully saturated rings. The van der Waals surface area contributed by atoms with E-state index in [0.717, 1.165) is 5.56 Å². The molecular weight excluding hydrogens is 372 g/mol. The third-order valence-electron chi connectivity index (χ3n) is 4.84. The lowest BCUT2D eigenvalue weighted by Gasteiger charge is -2.42. The average molecular weight is 402 g/mol. The van der Waals surface area contributed by atoms with Crippen LogP contribution in [0.25, 0.3) is 6.08 Å². The van der Waals surface area contributed by atoms with Gasteiger partial charge in [-0.25, -0.2) is 0 Å². The Morgan fingerprint density at radius 2 is 1.62 bits per heavy atom. The van der Waals surface area contributed by atoms with Gasteiger partial charge in [0.15, 0.2) is 5.78 Å². The first-order chi connectivity index (χ1) is 13.5. The summed E-state index contributed by atoms with van der Waals surface area (Å²) in [5, 5.41) is 10.9. The largest absolute Gasteiger partial charge is 0.463 e. The van der Waals surface area contributed by atoms with E-state index in [1.807, 2.05) is 30.3 Å². The molecule has 158 valence electrons. The molecule has 0 unspecified atom stereocenters. The van der Waals surface area contributed by atoms with Crippen molar-refractivity contribution in [2.75, 3.05) is 0 Å². The second-order valence-corrected chi connectivity index (χ2v) is 8.27. The van der Waals surface area contributed by atoms with Gasteiger partial charge in [-0.3, -0.25) is 14.4 Å². The summed E-state index contributed by atoms with van der Waals surface area (Å²) in [5.74, 6) is -4.91. The Morgan fingerprint density at radius 3 is 2.17 bits per heavy atom. The molecule has 1 aliphatic rings. The number of ketones is 1. The van der Waals surface area contributed by atoms with Gasteiger partial charge in [0.05, 0.1) is 23.7 Å². The van der Waals surface area contributed by atoms with Crippen molar-refractivity contribution in [3.63, 3.8) is 0 Å². The van der Waals surface area contributed by atoms with Crippen LogP contribution in [0.3, 0.4) is 0 Å². The quantitative estimate of drug-likeness (QED) is 0.581. The number of benzene rings is 1. The summed E-state index contributed by atoms with van der Waals surface area (Å²) in [5.41, 5.74) is -0.791. The first-order valence-corrected chi connectivity index (χ1v) is 9.92. The van der Waals surface area contributed by atoms with Crippen LogP contribution in [0.5, 0.6) is 0 Å². The van der Waals surface area contributed by atoms with Gasteiger partial charge in [-0.15, -0.1) is 0 Å². The molecule has 0 spiro atoms. The number of carbonyl (C=O) groups is 3. The van der Waals surface area contributed by atoms with Gasteiger partial charge >= 0.3 is 11.9 Å². The molecule has 2 rings (SSSR count). The lowest BCUT2D eigenvalue weighted by Crippen LogP contribution is -2.56. The number of aliphatic hydroxyl groups is 1. The van der Waals surface area contributed by atoms with Gasteiger partial charge in [0, 0.05) is 12.3 Å². The number of carbonyl (C=O) groups excluding carboxylic acids is 3. The van der Waals surface area contributed by atoms with Crippen LogP contribution in [0.1, 0.15) is 46.6 Å². The molecular formula is C23H30O6. The van der Waals surface area contributed by atoms with E-state index in [0.29, 0.717) is 0 Å². The highest BCUT2D eigenvalue weighted by atomic mass is 16.5. The summed E-state index contributed by atoms with van der Waals surface area (Å²) in [7, 11) is 0. The maximum Gasteiger partial charge on any atom is 0.317 e. The van der Waals surface area contributed by atoms with E-state index in [-0.39, 0.29) is 6.42 Å². The lowest BCUT2D eigenvalue weighted by atomic mass is 9.63. The maximum atomic E-state index is 12.9. The van der Waals surface area contributed by atoms with Crippen LogP contribution < -0.4 is 0 Å². The van der Waals surface area contributed by atoms with Crippen LogP contribution in [0.15, 0.2) is 36.4 Å². The standard InChI is InChI=1S/C23H30O6/c1-14(2)28-21(25)19-17(12-11-16-9-7-6-8-10-16)20(22(26)29-15(3)4)23(5,27)13-18(19)24/h6-12,14-15,17,19-20,27H,13H2,1-5H3/t17-,19-,20-,23+/m1/s1. The van der Waals surface area contributed by atoms with Crippen LogP contribution in [-0.4, -0.2) is 40.6 Å². The van der Waals surface area contributed by atoms with Crippen molar-refractivity contribution in [1.29, 1.82) is 0 Å². The first-order valence-electron chi connectivity index (χ1n) is 9.92. The molecule has 0 bridgehead atoms. The van der Waals surface area contributed by atoms with Crippen LogP contribution in [0, 0.1) is 17.8 Å². The molecule has 0 amide bonds. The zero-order valence-electron chi connectivity index (χ0n) is 17.6. The smallest absolute Gasteiger partial charge is 0.317 e. The fourth-order valence-corrected chi connectivity index (χ4v) is 3.71. The molecule has 0 heterocycles.